The lowest BCUT2D eigenvalue weighted by Gasteiger charge is -2.49. The molecule has 0 saturated carbocycles. The predicted molar refractivity (Wildman–Crippen MR) is 75.4 cm³/mol. The van der Waals surface area contributed by atoms with Crippen LogP contribution in [0.15, 0.2) is 12.7 Å². The van der Waals surface area contributed by atoms with Crippen LogP contribution in [0, 0.1) is 5.41 Å². The molecule has 0 aliphatic rings. The van der Waals surface area contributed by atoms with Gasteiger partial charge in [0.05, 0.1) is 0 Å². The first kappa shape index (κ1) is 15.6. The minimum absolute atomic E-state index is 0.0761. The molecule has 0 radical (unpaired) electrons. The van der Waals surface area contributed by atoms with E-state index in [1.807, 2.05) is 19.9 Å². The summed E-state index contributed by atoms with van der Waals surface area (Å²) < 4.78 is -0.403. The van der Waals surface area contributed by atoms with Gasteiger partial charge in [-0.3, -0.25) is 0 Å². The Morgan fingerprint density at radius 1 is 1.27 bits per heavy atom. The van der Waals surface area contributed by atoms with Crippen molar-refractivity contribution >= 4 is 31.9 Å². The molecule has 0 bridgehead atoms. The first-order valence-electron chi connectivity index (χ1n) is 5.01. The average molecular weight is 342 g/mol. The van der Waals surface area contributed by atoms with Crippen LogP contribution in [-0.2, 0) is 0 Å². The highest BCUT2D eigenvalue weighted by Crippen LogP contribution is 2.51. The third-order valence-corrected chi connectivity index (χ3v) is 6.49. The van der Waals surface area contributed by atoms with E-state index >= 15 is 0 Å². The molecular formula is C11H22Br2N2. The molecule has 0 aliphatic carbocycles. The van der Waals surface area contributed by atoms with Gasteiger partial charge in [0, 0.05) is 17.0 Å². The van der Waals surface area contributed by atoms with Gasteiger partial charge in [0.15, 0.2) is 0 Å². The molecule has 4 heteroatoms. The highest BCUT2D eigenvalue weighted by atomic mass is 79.9. The van der Waals surface area contributed by atoms with Crippen LogP contribution >= 0.6 is 31.9 Å². The third-order valence-electron chi connectivity index (χ3n) is 3.33. The fraction of sp³-hybridized carbons (Fsp3) is 0.818. The zero-order valence-electron chi connectivity index (χ0n) is 9.98. The molecule has 0 spiro atoms. The Morgan fingerprint density at radius 3 is 1.93 bits per heavy atom. The van der Waals surface area contributed by atoms with Gasteiger partial charge in [-0.2, -0.15) is 0 Å². The molecule has 2 nitrogen and oxygen atoms in total. The lowest BCUT2D eigenvalue weighted by Crippen LogP contribution is -2.61. The third kappa shape index (κ3) is 3.05. The van der Waals surface area contributed by atoms with Gasteiger partial charge in [-0.1, -0.05) is 51.8 Å². The van der Waals surface area contributed by atoms with Gasteiger partial charge in [0.2, 0.25) is 0 Å². The standard InChI is InChI=1S/C11H22Br2N2/c1-6-7-8(14)11(12,13)9(2,3)10(4,5)15/h6,8H,1,7,14-15H2,2-5H3. The van der Waals surface area contributed by atoms with Crippen LogP contribution in [0.25, 0.3) is 0 Å². The van der Waals surface area contributed by atoms with Crippen LogP contribution in [0.3, 0.4) is 0 Å². The number of rotatable bonds is 5. The molecule has 1 unspecified atom stereocenters. The summed E-state index contributed by atoms with van der Waals surface area (Å²) in [4.78, 5) is 0. The topological polar surface area (TPSA) is 52.0 Å². The van der Waals surface area contributed by atoms with Gasteiger partial charge < -0.3 is 11.5 Å². The minimum Gasteiger partial charge on any atom is -0.325 e. The lowest BCUT2D eigenvalue weighted by molar-refractivity contribution is 0.172. The Morgan fingerprint density at radius 2 is 1.67 bits per heavy atom. The zero-order valence-corrected chi connectivity index (χ0v) is 13.2. The molecule has 0 aliphatic heterocycles. The fourth-order valence-electron chi connectivity index (χ4n) is 1.22. The molecule has 0 rings (SSSR count). The van der Waals surface area contributed by atoms with Crippen molar-refractivity contribution in [3.8, 4) is 0 Å². The number of hydrogen-bond donors (Lipinski definition) is 2. The van der Waals surface area contributed by atoms with Crippen LogP contribution in [0.5, 0.6) is 0 Å². The SMILES string of the molecule is C=CCC(N)C(Br)(Br)C(C)(C)C(C)(C)N. The molecule has 0 aromatic heterocycles. The Bertz CT molecular complexity index is 229. The number of hydrogen-bond acceptors (Lipinski definition) is 2. The van der Waals surface area contributed by atoms with Crippen molar-refractivity contribution in [1.82, 2.24) is 0 Å². The molecule has 0 aromatic carbocycles. The van der Waals surface area contributed by atoms with Crippen LogP contribution in [0.1, 0.15) is 34.1 Å². The monoisotopic (exact) mass is 340 g/mol. The smallest absolute Gasteiger partial charge is 0.103 e. The van der Waals surface area contributed by atoms with E-state index in [0.29, 0.717) is 0 Å². The van der Waals surface area contributed by atoms with E-state index in [9.17, 15) is 0 Å². The summed E-state index contributed by atoms with van der Waals surface area (Å²) in [6, 6.07) is -0.0761. The van der Waals surface area contributed by atoms with E-state index in [0.717, 1.165) is 6.42 Å². The highest BCUT2D eigenvalue weighted by Gasteiger charge is 2.51. The molecule has 0 fully saturated rings. The first-order valence-corrected chi connectivity index (χ1v) is 6.60. The van der Waals surface area contributed by atoms with Gasteiger partial charge >= 0.3 is 0 Å². The fourth-order valence-corrected chi connectivity index (χ4v) is 2.62. The van der Waals surface area contributed by atoms with Crippen LogP contribution in [0.2, 0.25) is 0 Å². The van der Waals surface area contributed by atoms with Crippen molar-refractivity contribution in [1.29, 1.82) is 0 Å². The lowest BCUT2D eigenvalue weighted by atomic mass is 9.70. The van der Waals surface area contributed by atoms with Crippen LogP contribution in [-0.4, -0.2) is 14.8 Å². The van der Waals surface area contributed by atoms with E-state index in [1.165, 1.54) is 0 Å². The molecule has 0 saturated heterocycles. The van der Waals surface area contributed by atoms with Crippen molar-refractivity contribution in [2.24, 2.45) is 16.9 Å². The van der Waals surface area contributed by atoms with E-state index in [-0.39, 0.29) is 17.0 Å². The summed E-state index contributed by atoms with van der Waals surface area (Å²) in [5.74, 6) is 0. The van der Waals surface area contributed by atoms with Gasteiger partial charge in [0.1, 0.15) is 3.23 Å². The Kier molecular flexibility index (Phi) is 5.06. The molecule has 1 atom stereocenters. The van der Waals surface area contributed by atoms with Gasteiger partial charge in [-0.05, 0) is 20.3 Å². The summed E-state index contributed by atoms with van der Waals surface area (Å²) in [6.07, 6.45) is 2.55. The molecule has 0 aromatic rings. The molecule has 90 valence electrons. The summed E-state index contributed by atoms with van der Waals surface area (Å²) in [5.41, 5.74) is 11.8. The largest absolute Gasteiger partial charge is 0.325 e. The Labute approximate surface area is 110 Å². The predicted octanol–water partition coefficient (Wildman–Crippen LogP) is 3.14. The maximum absolute atomic E-state index is 6.19. The molecular weight excluding hydrogens is 320 g/mol. The van der Waals surface area contributed by atoms with Crippen molar-refractivity contribution in [3.05, 3.63) is 12.7 Å². The maximum Gasteiger partial charge on any atom is 0.103 e. The van der Waals surface area contributed by atoms with Crippen molar-refractivity contribution in [3.63, 3.8) is 0 Å². The minimum atomic E-state index is -0.403. The average Bonchev–Trinajstić information content (AvgIpc) is 2.02. The maximum atomic E-state index is 6.19. The van der Waals surface area contributed by atoms with Gasteiger partial charge in [0.25, 0.3) is 0 Å². The second-order valence-electron chi connectivity index (χ2n) is 5.10. The second kappa shape index (κ2) is 4.86. The van der Waals surface area contributed by atoms with E-state index in [2.05, 4.69) is 52.3 Å². The van der Waals surface area contributed by atoms with Crippen molar-refractivity contribution in [2.45, 2.75) is 48.9 Å². The summed E-state index contributed by atoms with van der Waals surface area (Å²) >= 11 is 7.34. The van der Waals surface area contributed by atoms with Crippen LogP contribution in [0.4, 0.5) is 0 Å². The van der Waals surface area contributed by atoms with E-state index in [4.69, 9.17) is 11.5 Å². The Balaban J connectivity index is 5.08. The first-order chi connectivity index (χ1) is 6.48. The molecule has 0 amide bonds. The molecule has 4 N–H and O–H groups in total. The van der Waals surface area contributed by atoms with Crippen LogP contribution < -0.4 is 11.5 Å². The summed E-state index contributed by atoms with van der Waals surface area (Å²) in [5, 5.41) is 0. The zero-order chi connectivity index (χ0) is 12.5. The van der Waals surface area contributed by atoms with E-state index < -0.39 is 3.23 Å². The molecule has 15 heavy (non-hydrogen) atoms. The van der Waals surface area contributed by atoms with Crippen molar-refractivity contribution < 1.29 is 0 Å². The summed E-state index contributed by atoms with van der Waals surface area (Å²) in [6.45, 7) is 11.9. The Hall–Kier alpha value is 0.620. The molecule has 0 heterocycles. The second-order valence-corrected chi connectivity index (χ2v) is 8.67. The number of nitrogens with two attached hydrogens (primary N) is 2. The van der Waals surface area contributed by atoms with Crippen molar-refractivity contribution in [2.75, 3.05) is 0 Å². The van der Waals surface area contributed by atoms with E-state index in [1.54, 1.807) is 0 Å². The summed E-state index contributed by atoms with van der Waals surface area (Å²) in [7, 11) is 0. The number of halogens is 2. The van der Waals surface area contributed by atoms with Gasteiger partial charge in [-0.25, -0.2) is 0 Å². The van der Waals surface area contributed by atoms with Gasteiger partial charge in [-0.15, -0.1) is 6.58 Å². The quantitative estimate of drug-likeness (QED) is 0.596. The normalized spacial score (nSPS) is 16.3. The number of alkyl halides is 2. The highest BCUT2D eigenvalue weighted by molar-refractivity contribution is 9.25.